The van der Waals surface area contributed by atoms with Gasteiger partial charge in [0.25, 0.3) is 0 Å². The number of amides is 1. The molecule has 5 aromatic rings. The smallest absolute Gasteiger partial charge is 0.217 e. The number of hydrogen-bond acceptors (Lipinski definition) is 5. The van der Waals surface area contributed by atoms with Crippen molar-refractivity contribution in [1.29, 1.82) is 0 Å². The summed E-state index contributed by atoms with van der Waals surface area (Å²) in [5, 5.41) is 3.47. The fraction of sp³-hybridized carbons (Fsp3) is 0.125. The standard InChI is InChI=1S/C24H19ClN4O2S/c1-28-20(22-6-4-10-32-22)14-27-24(28)19(13-18-5-2-3-9-26-18)29(15-30)23-12-16-11-17(25)7-8-21(16)31-23/h2-12,14-15,19H,13H2,1H3. The van der Waals surface area contributed by atoms with Gasteiger partial charge in [-0.2, -0.15) is 0 Å². The van der Waals surface area contributed by atoms with Crippen LogP contribution in [-0.2, 0) is 18.3 Å². The second-order valence-corrected chi connectivity index (χ2v) is 8.74. The minimum absolute atomic E-state index is 0.419. The third kappa shape index (κ3) is 3.81. The molecule has 5 rings (SSSR count). The van der Waals surface area contributed by atoms with Crippen LogP contribution >= 0.6 is 22.9 Å². The quantitative estimate of drug-likeness (QED) is 0.283. The van der Waals surface area contributed by atoms with Gasteiger partial charge >= 0.3 is 0 Å². The van der Waals surface area contributed by atoms with E-state index >= 15 is 0 Å². The number of imidazole rings is 1. The van der Waals surface area contributed by atoms with Crippen LogP contribution in [0.3, 0.4) is 0 Å². The molecular formula is C24H19ClN4O2S. The molecular weight excluding hydrogens is 444 g/mol. The van der Waals surface area contributed by atoms with E-state index in [9.17, 15) is 4.79 Å². The Morgan fingerprint density at radius 1 is 1.19 bits per heavy atom. The number of fused-ring (bicyclic) bond motifs is 1. The number of benzene rings is 1. The number of carbonyl (C=O) groups is 1. The van der Waals surface area contributed by atoms with Crippen molar-refractivity contribution in [2.45, 2.75) is 12.5 Å². The number of halogens is 1. The van der Waals surface area contributed by atoms with E-state index in [0.29, 0.717) is 22.9 Å². The fourth-order valence-electron chi connectivity index (χ4n) is 3.82. The van der Waals surface area contributed by atoms with Gasteiger partial charge in [-0.3, -0.25) is 14.7 Å². The van der Waals surface area contributed by atoms with Crippen molar-refractivity contribution in [2.75, 3.05) is 4.90 Å². The number of carbonyl (C=O) groups excluding carboxylic acids is 1. The molecule has 0 radical (unpaired) electrons. The lowest BCUT2D eigenvalue weighted by Crippen LogP contribution is -2.31. The minimum atomic E-state index is -0.419. The molecule has 160 valence electrons. The first-order chi connectivity index (χ1) is 15.6. The van der Waals surface area contributed by atoms with Crippen molar-refractivity contribution in [3.8, 4) is 10.6 Å². The van der Waals surface area contributed by atoms with Gasteiger partial charge in [0.2, 0.25) is 12.3 Å². The Morgan fingerprint density at radius 2 is 2.09 bits per heavy atom. The Labute approximate surface area is 193 Å². The Balaban J connectivity index is 1.61. The molecule has 32 heavy (non-hydrogen) atoms. The second-order valence-electron chi connectivity index (χ2n) is 7.36. The summed E-state index contributed by atoms with van der Waals surface area (Å²) in [6.45, 7) is 0. The van der Waals surface area contributed by atoms with Crippen LogP contribution in [0.1, 0.15) is 17.6 Å². The SMILES string of the molecule is Cn1c(-c2cccs2)cnc1C(Cc1ccccn1)N(C=O)c1cc2cc(Cl)ccc2o1. The summed E-state index contributed by atoms with van der Waals surface area (Å²) in [7, 11) is 1.96. The maximum Gasteiger partial charge on any atom is 0.217 e. The number of aromatic nitrogens is 3. The first-order valence-corrected chi connectivity index (χ1v) is 11.3. The molecule has 6 nitrogen and oxygen atoms in total. The highest BCUT2D eigenvalue weighted by molar-refractivity contribution is 7.13. The van der Waals surface area contributed by atoms with Gasteiger partial charge in [0.15, 0.2) is 0 Å². The molecule has 4 aromatic heterocycles. The van der Waals surface area contributed by atoms with Crippen LogP contribution in [0.25, 0.3) is 21.5 Å². The van der Waals surface area contributed by atoms with Gasteiger partial charge in [0.05, 0.1) is 16.8 Å². The molecule has 0 aliphatic rings. The summed E-state index contributed by atoms with van der Waals surface area (Å²) in [6, 6.07) is 16.6. The first-order valence-electron chi connectivity index (χ1n) is 10.0. The van der Waals surface area contributed by atoms with Crippen LogP contribution in [0.15, 0.2) is 76.8 Å². The molecule has 0 saturated carbocycles. The first kappa shape index (κ1) is 20.5. The topological polar surface area (TPSA) is 64.2 Å². The number of thiophene rings is 1. The zero-order valence-corrected chi connectivity index (χ0v) is 18.8. The molecule has 1 amide bonds. The van der Waals surface area contributed by atoms with E-state index in [1.54, 1.807) is 34.6 Å². The largest absolute Gasteiger partial charge is 0.440 e. The van der Waals surface area contributed by atoms with Crippen molar-refractivity contribution >= 4 is 46.2 Å². The molecule has 1 aromatic carbocycles. The lowest BCUT2D eigenvalue weighted by molar-refractivity contribution is -0.108. The third-order valence-corrected chi connectivity index (χ3v) is 6.52. The Morgan fingerprint density at radius 3 is 2.84 bits per heavy atom. The molecule has 0 bridgehead atoms. The summed E-state index contributed by atoms with van der Waals surface area (Å²) >= 11 is 7.78. The summed E-state index contributed by atoms with van der Waals surface area (Å²) in [6.07, 6.45) is 4.85. The van der Waals surface area contributed by atoms with Crippen LogP contribution < -0.4 is 4.90 Å². The molecule has 0 saturated heterocycles. The zero-order valence-electron chi connectivity index (χ0n) is 17.2. The van der Waals surface area contributed by atoms with E-state index in [1.807, 2.05) is 59.6 Å². The maximum atomic E-state index is 12.4. The average molecular weight is 463 g/mol. The Bertz CT molecular complexity index is 1360. The van der Waals surface area contributed by atoms with Crippen molar-refractivity contribution in [2.24, 2.45) is 7.05 Å². The predicted octanol–water partition coefficient (Wildman–Crippen LogP) is 5.89. The van der Waals surface area contributed by atoms with Crippen molar-refractivity contribution in [3.05, 3.63) is 88.9 Å². The number of pyridine rings is 1. The molecule has 8 heteroatoms. The van der Waals surface area contributed by atoms with Crippen LogP contribution in [0.2, 0.25) is 5.02 Å². The van der Waals surface area contributed by atoms with Crippen LogP contribution in [-0.4, -0.2) is 20.9 Å². The highest BCUT2D eigenvalue weighted by Gasteiger charge is 2.29. The van der Waals surface area contributed by atoms with Crippen molar-refractivity contribution in [1.82, 2.24) is 14.5 Å². The lowest BCUT2D eigenvalue weighted by atomic mass is 10.1. The third-order valence-electron chi connectivity index (χ3n) is 5.39. The number of anilines is 1. The summed E-state index contributed by atoms with van der Waals surface area (Å²) in [5.74, 6) is 1.17. The normalized spacial score (nSPS) is 12.2. The van der Waals surface area contributed by atoms with E-state index in [2.05, 4.69) is 11.1 Å². The van der Waals surface area contributed by atoms with E-state index in [0.717, 1.165) is 33.9 Å². The minimum Gasteiger partial charge on any atom is -0.440 e. The summed E-state index contributed by atoms with van der Waals surface area (Å²) in [5.41, 5.74) is 2.50. The second kappa shape index (κ2) is 8.61. The van der Waals surface area contributed by atoms with Crippen LogP contribution in [0.5, 0.6) is 0 Å². The molecule has 1 atom stereocenters. The van der Waals surface area contributed by atoms with E-state index in [4.69, 9.17) is 21.0 Å². The number of furan rings is 1. The molecule has 0 aliphatic heterocycles. The number of hydrogen-bond donors (Lipinski definition) is 0. The number of rotatable bonds is 7. The number of nitrogens with zero attached hydrogens (tertiary/aromatic N) is 4. The van der Waals surface area contributed by atoms with Crippen molar-refractivity contribution < 1.29 is 9.21 Å². The van der Waals surface area contributed by atoms with Gasteiger partial charge in [-0.1, -0.05) is 23.7 Å². The lowest BCUT2D eigenvalue weighted by Gasteiger charge is -2.26. The molecule has 4 heterocycles. The van der Waals surface area contributed by atoms with Gasteiger partial charge in [-0.25, -0.2) is 4.98 Å². The molecule has 0 aliphatic carbocycles. The monoisotopic (exact) mass is 462 g/mol. The molecule has 0 N–H and O–H groups in total. The highest BCUT2D eigenvalue weighted by Crippen LogP contribution is 2.35. The van der Waals surface area contributed by atoms with E-state index < -0.39 is 6.04 Å². The van der Waals surface area contributed by atoms with Gasteiger partial charge in [-0.15, -0.1) is 11.3 Å². The van der Waals surface area contributed by atoms with Gasteiger partial charge in [0, 0.05) is 41.8 Å². The van der Waals surface area contributed by atoms with Gasteiger partial charge < -0.3 is 8.98 Å². The van der Waals surface area contributed by atoms with Crippen molar-refractivity contribution in [3.63, 3.8) is 0 Å². The summed E-state index contributed by atoms with van der Waals surface area (Å²) in [4.78, 5) is 24.2. The molecule has 0 spiro atoms. The average Bonchev–Trinajstić information content (AvgIpc) is 3.54. The molecule has 0 fully saturated rings. The Kier molecular flexibility index (Phi) is 5.51. The Hall–Kier alpha value is -3.42. The van der Waals surface area contributed by atoms with Crippen LogP contribution in [0, 0.1) is 0 Å². The van der Waals surface area contributed by atoms with E-state index in [1.165, 1.54) is 0 Å². The predicted molar refractivity (Wildman–Crippen MR) is 127 cm³/mol. The molecule has 1 unspecified atom stereocenters. The fourth-order valence-corrected chi connectivity index (χ4v) is 4.78. The van der Waals surface area contributed by atoms with E-state index in [-0.39, 0.29) is 0 Å². The highest BCUT2D eigenvalue weighted by atomic mass is 35.5. The van der Waals surface area contributed by atoms with Gasteiger partial charge in [-0.05, 0) is 41.8 Å². The van der Waals surface area contributed by atoms with Crippen LogP contribution in [0.4, 0.5) is 5.88 Å². The van der Waals surface area contributed by atoms with Gasteiger partial charge in [0.1, 0.15) is 17.4 Å². The zero-order chi connectivity index (χ0) is 22.1. The summed E-state index contributed by atoms with van der Waals surface area (Å²) < 4.78 is 8.04. The maximum absolute atomic E-state index is 12.4.